The average molecular weight is 204 g/mol. The van der Waals surface area contributed by atoms with Gasteiger partial charge < -0.3 is 10.2 Å². The van der Waals surface area contributed by atoms with E-state index in [9.17, 15) is 0 Å². The molecule has 2 heteroatoms. The molecule has 0 heterocycles. The molecule has 0 amide bonds. The molecule has 0 spiro atoms. The Hall–Kier alpha value is -1.28. The smallest absolute Gasteiger partial charge is 0.0528 e. The van der Waals surface area contributed by atoms with Crippen LogP contribution in [0.15, 0.2) is 36.4 Å². The fourth-order valence-electron chi connectivity index (χ4n) is 1.66. The summed E-state index contributed by atoms with van der Waals surface area (Å²) in [5.41, 5.74) is 3.61. The number of hydrogen-bond donors (Lipinski definition) is 1. The third kappa shape index (κ3) is 2.83. The highest BCUT2D eigenvalue weighted by atomic mass is 15.1. The van der Waals surface area contributed by atoms with Crippen molar-refractivity contribution in [3.05, 3.63) is 42.0 Å². The maximum Gasteiger partial charge on any atom is 0.0528 e. The van der Waals surface area contributed by atoms with Gasteiger partial charge in [0.1, 0.15) is 0 Å². The molecule has 0 saturated carbocycles. The summed E-state index contributed by atoms with van der Waals surface area (Å²) in [6.07, 6.45) is 0. The zero-order valence-corrected chi connectivity index (χ0v) is 10.0. The molecule has 0 aliphatic rings. The third-order valence-corrected chi connectivity index (χ3v) is 2.52. The van der Waals surface area contributed by atoms with E-state index < -0.39 is 0 Å². The first kappa shape index (κ1) is 11.8. The normalized spacial score (nSPS) is 12.3. The molecule has 0 aromatic heterocycles. The van der Waals surface area contributed by atoms with Gasteiger partial charge in [-0.3, -0.25) is 0 Å². The molecule has 0 fully saturated rings. The fourth-order valence-corrected chi connectivity index (χ4v) is 1.66. The molecule has 0 bridgehead atoms. The highest BCUT2D eigenvalue weighted by Gasteiger charge is 2.09. The summed E-state index contributed by atoms with van der Waals surface area (Å²) in [4.78, 5) is 2.10. The van der Waals surface area contributed by atoms with Crippen molar-refractivity contribution >= 4 is 5.69 Å². The predicted octanol–water partition coefficient (Wildman–Crippen LogP) is 2.59. The number of benzene rings is 1. The Labute approximate surface area is 92.6 Å². The van der Waals surface area contributed by atoms with Crippen molar-refractivity contribution in [2.45, 2.75) is 13.0 Å². The van der Waals surface area contributed by atoms with Crippen molar-refractivity contribution in [2.24, 2.45) is 0 Å². The largest absolute Gasteiger partial charge is 0.378 e. The van der Waals surface area contributed by atoms with Crippen LogP contribution in [-0.2, 0) is 0 Å². The second kappa shape index (κ2) is 4.99. The number of rotatable bonds is 4. The van der Waals surface area contributed by atoms with E-state index in [1.165, 1.54) is 11.3 Å². The summed E-state index contributed by atoms with van der Waals surface area (Å²) >= 11 is 0. The summed E-state index contributed by atoms with van der Waals surface area (Å²) in [5, 5.41) is 3.25. The van der Waals surface area contributed by atoms with E-state index in [0.717, 1.165) is 5.57 Å². The molecule has 15 heavy (non-hydrogen) atoms. The van der Waals surface area contributed by atoms with Gasteiger partial charge in [0.15, 0.2) is 0 Å². The number of nitrogens with zero attached hydrogens (tertiary/aromatic N) is 1. The van der Waals surface area contributed by atoms with Gasteiger partial charge in [0, 0.05) is 19.8 Å². The fraction of sp³-hybridized carbons (Fsp3) is 0.385. The van der Waals surface area contributed by atoms with Crippen LogP contribution >= 0.6 is 0 Å². The Bertz CT molecular complexity index is 325. The van der Waals surface area contributed by atoms with Gasteiger partial charge in [-0.1, -0.05) is 24.3 Å². The summed E-state index contributed by atoms with van der Waals surface area (Å²) in [6, 6.07) is 8.79. The van der Waals surface area contributed by atoms with Gasteiger partial charge in [0.25, 0.3) is 0 Å². The van der Waals surface area contributed by atoms with Crippen LogP contribution in [0, 0.1) is 0 Å². The highest BCUT2D eigenvalue weighted by molar-refractivity contribution is 5.47. The molecule has 0 aliphatic heterocycles. The van der Waals surface area contributed by atoms with Gasteiger partial charge in [-0.15, -0.1) is 0 Å². The molecule has 0 radical (unpaired) electrons. The zero-order valence-electron chi connectivity index (χ0n) is 10.0. The topological polar surface area (TPSA) is 15.3 Å². The first-order valence-corrected chi connectivity index (χ1v) is 5.16. The van der Waals surface area contributed by atoms with E-state index in [1.807, 2.05) is 28.1 Å². The van der Waals surface area contributed by atoms with Crippen LogP contribution in [-0.4, -0.2) is 21.1 Å². The highest BCUT2D eigenvalue weighted by Crippen LogP contribution is 2.22. The van der Waals surface area contributed by atoms with E-state index in [1.54, 1.807) is 0 Å². The Kier molecular flexibility index (Phi) is 3.92. The summed E-state index contributed by atoms with van der Waals surface area (Å²) in [6.45, 7) is 6.03. The third-order valence-electron chi connectivity index (χ3n) is 2.52. The quantitative estimate of drug-likeness (QED) is 0.758. The van der Waals surface area contributed by atoms with E-state index in [0.29, 0.717) is 0 Å². The minimum atomic E-state index is 0.251. The molecule has 1 aromatic rings. The van der Waals surface area contributed by atoms with Crippen molar-refractivity contribution < 1.29 is 0 Å². The van der Waals surface area contributed by atoms with Crippen LogP contribution in [0.2, 0.25) is 0 Å². The van der Waals surface area contributed by atoms with Crippen LogP contribution in [0.5, 0.6) is 0 Å². The second-order valence-electron chi connectivity index (χ2n) is 4.05. The van der Waals surface area contributed by atoms with Crippen LogP contribution in [0.25, 0.3) is 0 Å². The molecule has 1 N–H and O–H groups in total. The molecule has 0 saturated heterocycles. The summed E-state index contributed by atoms with van der Waals surface area (Å²) < 4.78 is 0. The van der Waals surface area contributed by atoms with E-state index in [2.05, 4.69) is 41.1 Å². The SMILES string of the molecule is C=C(C)C(NC)c1ccc(N(C)C)cc1. The first-order valence-electron chi connectivity index (χ1n) is 5.16. The summed E-state index contributed by atoms with van der Waals surface area (Å²) in [5.74, 6) is 0. The molecule has 0 aliphatic carbocycles. The van der Waals surface area contributed by atoms with Gasteiger partial charge in [-0.2, -0.15) is 0 Å². The molecule has 1 aromatic carbocycles. The predicted molar refractivity (Wildman–Crippen MR) is 67.4 cm³/mol. The molecular weight excluding hydrogens is 184 g/mol. The standard InChI is InChI=1S/C13H20N2/c1-10(2)13(14-3)11-6-8-12(9-7-11)15(4)5/h6-9,13-14H,1H2,2-5H3. The van der Waals surface area contributed by atoms with Crippen LogP contribution in [0.3, 0.4) is 0 Å². The van der Waals surface area contributed by atoms with Crippen molar-refractivity contribution in [3.63, 3.8) is 0 Å². The van der Waals surface area contributed by atoms with E-state index >= 15 is 0 Å². The maximum absolute atomic E-state index is 3.99. The Morgan fingerprint density at radius 1 is 1.27 bits per heavy atom. The van der Waals surface area contributed by atoms with Crippen molar-refractivity contribution in [3.8, 4) is 0 Å². The lowest BCUT2D eigenvalue weighted by Gasteiger charge is -2.18. The molecule has 1 atom stereocenters. The van der Waals surface area contributed by atoms with E-state index in [4.69, 9.17) is 0 Å². The van der Waals surface area contributed by atoms with Crippen molar-refractivity contribution in [2.75, 3.05) is 26.0 Å². The lowest BCUT2D eigenvalue weighted by molar-refractivity contribution is 0.680. The number of nitrogens with one attached hydrogen (secondary N) is 1. The first-order chi connectivity index (χ1) is 7.06. The van der Waals surface area contributed by atoms with Crippen molar-refractivity contribution in [1.29, 1.82) is 0 Å². The minimum absolute atomic E-state index is 0.251. The van der Waals surface area contributed by atoms with E-state index in [-0.39, 0.29) is 6.04 Å². The van der Waals surface area contributed by atoms with Gasteiger partial charge >= 0.3 is 0 Å². The van der Waals surface area contributed by atoms with Gasteiger partial charge in [0.05, 0.1) is 6.04 Å². The van der Waals surface area contributed by atoms with Crippen molar-refractivity contribution in [1.82, 2.24) is 5.32 Å². The van der Waals surface area contributed by atoms with Gasteiger partial charge in [-0.05, 0) is 31.7 Å². The molecule has 1 rings (SSSR count). The monoisotopic (exact) mass is 204 g/mol. The van der Waals surface area contributed by atoms with Gasteiger partial charge in [-0.25, -0.2) is 0 Å². The Morgan fingerprint density at radius 3 is 2.13 bits per heavy atom. The molecule has 1 unspecified atom stereocenters. The Morgan fingerprint density at radius 2 is 1.80 bits per heavy atom. The maximum atomic E-state index is 3.99. The minimum Gasteiger partial charge on any atom is -0.378 e. The zero-order chi connectivity index (χ0) is 11.4. The summed E-state index contributed by atoms with van der Waals surface area (Å²) in [7, 11) is 6.05. The van der Waals surface area contributed by atoms with Crippen LogP contribution in [0.4, 0.5) is 5.69 Å². The Balaban J connectivity index is 2.92. The molecule has 82 valence electrons. The molecule has 2 nitrogen and oxygen atoms in total. The van der Waals surface area contributed by atoms with Crippen LogP contribution in [0.1, 0.15) is 18.5 Å². The lowest BCUT2D eigenvalue weighted by atomic mass is 10.0. The number of likely N-dealkylation sites (N-methyl/N-ethyl adjacent to an activating group) is 1. The number of hydrogen-bond acceptors (Lipinski definition) is 2. The second-order valence-corrected chi connectivity index (χ2v) is 4.05. The van der Waals surface area contributed by atoms with Crippen LogP contribution < -0.4 is 10.2 Å². The van der Waals surface area contributed by atoms with Gasteiger partial charge in [0.2, 0.25) is 0 Å². The molecular formula is C13H20N2. The number of anilines is 1. The lowest BCUT2D eigenvalue weighted by Crippen LogP contribution is -2.17. The average Bonchev–Trinajstić information content (AvgIpc) is 2.19.